The monoisotopic (exact) mass is 382 g/mol. The molecule has 1 saturated heterocycles. The van der Waals surface area contributed by atoms with Gasteiger partial charge >= 0.3 is 0 Å². The van der Waals surface area contributed by atoms with Crippen LogP contribution in [0.5, 0.6) is 5.75 Å². The number of ether oxygens (including phenoxy) is 1. The van der Waals surface area contributed by atoms with Crippen LogP contribution in [0.3, 0.4) is 0 Å². The number of fused-ring (bicyclic) bond motifs is 1. The number of carbonyl (C=O) groups excluding carboxylic acids is 1. The highest BCUT2D eigenvalue weighted by atomic mass is 32.2. The van der Waals surface area contributed by atoms with Gasteiger partial charge in [-0.25, -0.2) is 4.98 Å². The molecule has 4 rings (SSSR count). The number of carbonyl (C=O) groups is 1. The van der Waals surface area contributed by atoms with Crippen LogP contribution in [0, 0.1) is 0 Å². The molecule has 0 saturated carbocycles. The lowest BCUT2D eigenvalue weighted by Crippen LogP contribution is -2.40. The van der Waals surface area contributed by atoms with E-state index in [-0.39, 0.29) is 11.9 Å². The van der Waals surface area contributed by atoms with Crippen molar-refractivity contribution in [3.63, 3.8) is 0 Å². The van der Waals surface area contributed by atoms with Gasteiger partial charge in [0.25, 0.3) is 0 Å². The molecule has 1 fully saturated rings. The quantitative estimate of drug-likeness (QED) is 0.710. The second-order valence-electron chi connectivity index (χ2n) is 6.41. The van der Waals surface area contributed by atoms with Crippen LogP contribution in [0.4, 0.5) is 5.95 Å². The lowest BCUT2D eigenvalue weighted by atomic mass is 10.2. The van der Waals surface area contributed by atoms with Crippen LogP contribution in [0.1, 0.15) is 6.42 Å². The van der Waals surface area contributed by atoms with Crippen molar-refractivity contribution in [3.8, 4) is 11.4 Å². The average Bonchev–Trinajstić information content (AvgIpc) is 3.06. The Morgan fingerprint density at radius 2 is 2.11 bits per heavy atom. The van der Waals surface area contributed by atoms with E-state index >= 15 is 0 Å². The van der Waals surface area contributed by atoms with E-state index in [1.54, 1.807) is 7.11 Å². The predicted octanol–water partition coefficient (Wildman–Crippen LogP) is 3.07. The van der Waals surface area contributed by atoms with Gasteiger partial charge in [0.1, 0.15) is 5.75 Å². The van der Waals surface area contributed by atoms with Gasteiger partial charge in [0, 0.05) is 30.5 Å². The molecule has 3 aromatic rings. The highest BCUT2D eigenvalue weighted by molar-refractivity contribution is 7.99. The van der Waals surface area contributed by atoms with Crippen LogP contribution in [0.25, 0.3) is 16.7 Å². The fraction of sp³-hybridized carbons (Fsp3) is 0.300. The highest BCUT2D eigenvalue weighted by Crippen LogP contribution is 2.30. The topological polar surface area (TPSA) is 68.2 Å². The first kappa shape index (κ1) is 17.9. The molecule has 1 amide bonds. The average molecular weight is 382 g/mol. The maximum absolute atomic E-state index is 12.7. The van der Waals surface area contributed by atoms with Crippen molar-refractivity contribution in [2.45, 2.75) is 12.5 Å². The summed E-state index contributed by atoms with van der Waals surface area (Å²) in [5.41, 5.74) is 2.59. The van der Waals surface area contributed by atoms with E-state index in [4.69, 9.17) is 4.74 Å². The van der Waals surface area contributed by atoms with Gasteiger partial charge in [0.15, 0.2) is 0 Å². The first-order chi connectivity index (χ1) is 13.3. The molecule has 7 heteroatoms. The van der Waals surface area contributed by atoms with Crippen molar-refractivity contribution in [1.82, 2.24) is 14.9 Å². The molecule has 6 nitrogen and oxygen atoms in total. The number of imidazole rings is 1. The van der Waals surface area contributed by atoms with Gasteiger partial charge < -0.3 is 10.1 Å². The minimum absolute atomic E-state index is 0.0403. The number of hydrogen-bond acceptors (Lipinski definition) is 5. The van der Waals surface area contributed by atoms with Crippen LogP contribution < -0.4 is 15.4 Å². The predicted molar refractivity (Wildman–Crippen MR) is 110 cm³/mol. The maximum Gasteiger partial charge on any atom is 0.228 e. The van der Waals surface area contributed by atoms with Gasteiger partial charge in [0.2, 0.25) is 11.9 Å². The molecule has 0 radical (unpaired) electrons. The molecule has 1 aliphatic heterocycles. The normalized spacial score (nSPS) is 17.0. The van der Waals surface area contributed by atoms with E-state index in [0.717, 1.165) is 40.5 Å². The van der Waals surface area contributed by atoms with Crippen LogP contribution in [0.2, 0.25) is 0 Å². The molecular weight excluding hydrogens is 360 g/mol. The number of para-hydroxylation sites is 4. The molecule has 2 aromatic carbocycles. The molecule has 2 heterocycles. The fourth-order valence-electron chi connectivity index (χ4n) is 3.32. The molecule has 140 valence electrons. The van der Waals surface area contributed by atoms with E-state index in [1.165, 1.54) is 0 Å². The summed E-state index contributed by atoms with van der Waals surface area (Å²) >= 11 is 1.88. The third-order valence-electron chi connectivity index (χ3n) is 4.57. The molecule has 2 N–H and O–H groups in total. The molecular formula is C20H22N4O2S. The van der Waals surface area contributed by atoms with Crippen molar-refractivity contribution in [2.24, 2.45) is 0 Å². The first-order valence-corrected chi connectivity index (χ1v) is 10.1. The Morgan fingerprint density at radius 1 is 1.30 bits per heavy atom. The number of nitrogens with zero attached hydrogens (tertiary/aromatic N) is 2. The van der Waals surface area contributed by atoms with Crippen molar-refractivity contribution in [1.29, 1.82) is 0 Å². The number of aromatic nitrogens is 2. The molecule has 27 heavy (non-hydrogen) atoms. The number of amides is 1. The number of benzene rings is 2. The van der Waals surface area contributed by atoms with Crippen LogP contribution >= 0.6 is 11.8 Å². The Kier molecular flexibility index (Phi) is 5.31. The Hall–Kier alpha value is -2.51. The zero-order valence-electron chi connectivity index (χ0n) is 15.1. The second kappa shape index (κ2) is 8.02. The first-order valence-electron chi connectivity index (χ1n) is 8.98. The number of methoxy groups -OCH3 is 1. The van der Waals surface area contributed by atoms with Crippen molar-refractivity contribution in [3.05, 3.63) is 48.5 Å². The van der Waals surface area contributed by atoms with Crippen molar-refractivity contribution >= 4 is 34.7 Å². The lowest BCUT2D eigenvalue weighted by Gasteiger charge is -2.22. The van der Waals surface area contributed by atoms with Crippen LogP contribution in [-0.4, -0.2) is 46.7 Å². The zero-order valence-corrected chi connectivity index (χ0v) is 16.0. The van der Waals surface area contributed by atoms with E-state index in [2.05, 4.69) is 15.6 Å². The Labute approximate surface area is 162 Å². The van der Waals surface area contributed by atoms with E-state index in [1.807, 2.05) is 64.9 Å². The summed E-state index contributed by atoms with van der Waals surface area (Å²) in [6.45, 7) is 0.947. The molecule has 0 spiro atoms. The summed E-state index contributed by atoms with van der Waals surface area (Å²) in [6, 6.07) is 15.8. The second-order valence-corrected chi connectivity index (χ2v) is 7.56. The molecule has 1 aliphatic rings. The number of nitrogens with one attached hydrogen (secondary N) is 2. The largest absolute Gasteiger partial charge is 0.495 e. The minimum Gasteiger partial charge on any atom is -0.495 e. The van der Waals surface area contributed by atoms with E-state index < -0.39 is 0 Å². The van der Waals surface area contributed by atoms with E-state index in [9.17, 15) is 4.79 Å². The van der Waals surface area contributed by atoms with Gasteiger partial charge in [-0.2, -0.15) is 11.8 Å². The molecule has 0 aliphatic carbocycles. The molecule has 1 unspecified atom stereocenters. The lowest BCUT2D eigenvalue weighted by molar-refractivity contribution is -0.116. The van der Waals surface area contributed by atoms with Crippen molar-refractivity contribution < 1.29 is 9.53 Å². The smallest absolute Gasteiger partial charge is 0.228 e. The van der Waals surface area contributed by atoms with Crippen molar-refractivity contribution in [2.75, 3.05) is 30.5 Å². The molecule has 1 aromatic heterocycles. The van der Waals surface area contributed by atoms with E-state index in [0.29, 0.717) is 12.4 Å². The van der Waals surface area contributed by atoms with Gasteiger partial charge in [-0.3, -0.25) is 14.7 Å². The fourth-order valence-corrected chi connectivity index (χ4v) is 4.27. The molecule has 0 bridgehead atoms. The Morgan fingerprint density at radius 3 is 2.93 bits per heavy atom. The van der Waals surface area contributed by atoms with Crippen LogP contribution in [-0.2, 0) is 4.79 Å². The number of hydrogen-bond donors (Lipinski definition) is 2. The third kappa shape index (κ3) is 3.79. The summed E-state index contributed by atoms with van der Waals surface area (Å²) < 4.78 is 7.47. The summed E-state index contributed by atoms with van der Waals surface area (Å²) in [4.78, 5) is 17.3. The maximum atomic E-state index is 12.7. The van der Waals surface area contributed by atoms with Gasteiger partial charge in [0.05, 0.1) is 23.8 Å². The SMILES string of the molecule is COc1ccccc1-n1c(NC(=O)CC2CSCCN2)nc2ccccc21. The zero-order chi connectivity index (χ0) is 18.6. The highest BCUT2D eigenvalue weighted by Gasteiger charge is 2.20. The van der Waals surface area contributed by atoms with Gasteiger partial charge in [-0.1, -0.05) is 24.3 Å². The minimum atomic E-state index is -0.0403. The summed E-state index contributed by atoms with van der Waals surface area (Å²) in [5, 5.41) is 6.40. The standard InChI is InChI=1S/C20H22N4O2S/c1-26-18-9-5-4-8-17(18)24-16-7-3-2-6-15(16)22-20(24)23-19(25)12-14-13-27-11-10-21-14/h2-9,14,21H,10-13H2,1H3,(H,22,23,25). The number of rotatable bonds is 5. The third-order valence-corrected chi connectivity index (χ3v) is 5.70. The summed E-state index contributed by atoms with van der Waals surface area (Å²) in [7, 11) is 1.64. The Bertz CT molecular complexity index is 950. The van der Waals surface area contributed by atoms with Gasteiger partial charge in [-0.15, -0.1) is 0 Å². The summed E-state index contributed by atoms with van der Waals surface area (Å²) in [5.74, 6) is 3.25. The molecule has 1 atom stereocenters. The number of anilines is 1. The Balaban J connectivity index is 1.69. The van der Waals surface area contributed by atoms with Gasteiger partial charge in [-0.05, 0) is 24.3 Å². The summed E-state index contributed by atoms with van der Waals surface area (Å²) in [6.07, 6.45) is 0.433. The number of thioether (sulfide) groups is 1. The van der Waals surface area contributed by atoms with Crippen LogP contribution in [0.15, 0.2) is 48.5 Å².